The first kappa shape index (κ1) is 20.0. The Hall–Kier alpha value is -1.34. The van der Waals surface area contributed by atoms with Crippen molar-refractivity contribution in [1.82, 2.24) is 10.2 Å². The van der Waals surface area contributed by atoms with Crippen LogP contribution in [0.1, 0.15) is 18.9 Å². The smallest absolute Gasteiger partial charge is 0.193 e. The summed E-state index contributed by atoms with van der Waals surface area (Å²) >= 11 is 0. The molecular formula is C20H28IN3O. The van der Waals surface area contributed by atoms with Crippen LogP contribution >= 0.6 is 24.0 Å². The number of likely N-dealkylation sites (tertiary alicyclic amines) is 1. The second kappa shape index (κ2) is 9.97. The average Bonchev–Trinajstić information content (AvgIpc) is 3.09. The van der Waals surface area contributed by atoms with E-state index in [1.165, 1.54) is 22.8 Å². The highest BCUT2D eigenvalue weighted by Crippen LogP contribution is 2.19. The molecule has 0 radical (unpaired) electrons. The van der Waals surface area contributed by atoms with Gasteiger partial charge in [-0.1, -0.05) is 42.5 Å². The van der Waals surface area contributed by atoms with Crippen molar-refractivity contribution in [2.24, 2.45) is 10.9 Å². The zero-order valence-corrected chi connectivity index (χ0v) is 17.4. The lowest BCUT2D eigenvalue weighted by Crippen LogP contribution is -2.39. The van der Waals surface area contributed by atoms with Gasteiger partial charge >= 0.3 is 0 Å². The lowest BCUT2D eigenvalue weighted by Gasteiger charge is -2.22. The van der Waals surface area contributed by atoms with Crippen molar-refractivity contribution in [1.29, 1.82) is 0 Å². The first-order valence-electron chi connectivity index (χ1n) is 8.81. The van der Waals surface area contributed by atoms with Gasteiger partial charge < -0.3 is 15.0 Å². The summed E-state index contributed by atoms with van der Waals surface area (Å²) in [6.07, 6.45) is 1.18. The van der Waals surface area contributed by atoms with E-state index < -0.39 is 0 Å². The van der Waals surface area contributed by atoms with E-state index in [1.807, 2.05) is 7.05 Å². The number of aliphatic imine (C=N–C) groups is 1. The molecule has 2 aromatic rings. The summed E-state index contributed by atoms with van der Waals surface area (Å²) in [7, 11) is 1.86. The fourth-order valence-corrected chi connectivity index (χ4v) is 3.40. The van der Waals surface area contributed by atoms with Gasteiger partial charge in [-0.05, 0) is 29.7 Å². The molecule has 0 aliphatic carbocycles. The van der Waals surface area contributed by atoms with Crippen molar-refractivity contribution in [2.45, 2.75) is 19.9 Å². The quantitative estimate of drug-likeness (QED) is 0.424. The van der Waals surface area contributed by atoms with Crippen LogP contribution in [-0.4, -0.2) is 44.2 Å². The maximum atomic E-state index is 5.57. The SMILES string of the molecule is CCOCC1CCN(C(=NC)NCc2cccc3ccccc23)C1.I. The summed E-state index contributed by atoms with van der Waals surface area (Å²) in [5.41, 5.74) is 1.30. The van der Waals surface area contributed by atoms with Crippen LogP contribution < -0.4 is 5.32 Å². The number of ether oxygens (including phenoxy) is 1. The molecule has 1 fully saturated rings. The first-order valence-corrected chi connectivity index (χ1v) is 8.81. The predicted molar refractivity (Wildman–Crippen MR) is 116 cm³/mol. The van der Waals surface area contributed by atoms with E-state index in [0.717, 1.165) is 38.8 Å². The molecule has 4 nitrogen and oxygen atoms in total. The molecule has 25 heavy (non-hydrogen) atoms. The minimum absolute atomic E-state index is 0. The van der Waals surface area contributed by atoms with E-state index in [-0.39, 0.29) is 24.0 Å². The van der Waals surface area contributed by atoms with Gasteiger partial charge in [0.1, 0.15) is 0 Å². The molecule has 1 unspecified atom stereocenters. The van der Waals surface area contributed by atoms with Crippen molar-refractivity contribution >= 4 is 40.7 Å². The summed E-state index contributed by atoms with van der Waals surface area (Å²) in [5.74, 6) is 1.60. The number of nitrogens with one attached hydrogen (secondary N) is 1. The molecule has 1 heterocycles. The molecule has 136 valence electrons. The second-order valence-corrected chi connectivity index (χ2v) is 6.30. The Balaban J connectivity index is 0.00000225. The van der Waals surface area contributed by atoms with Crippen LogP contribution in [0.25, 0.3) is 10.8 Å². The van der Waals surface area contributed by atoms with Crippen LogP contribution in [0.5, 0.6) is 0 Å². The monoisotopic (exact) mass is 453 g/mol. The Labute approximate surface area is 167 Å². The fraction of sp³-hybridized carbons (Fsp3) is 0.450. The Kier molecular flexibility index (Phi) is 7.96. The van der Waals surface area contributed by atoms with E-state index >= 15 is 0 Å². The third-order valence-corrected chi connectivity index (χ3v) is 4.67. The number of halogens is 1. The van der Waals surface area contributed by atoms with Crippen molar-refractivity contribution < 1.29 is 4.74 Å². The van der Waals surface area contributed by atoms with Crippen molar-refractivity contribution in [2.75, 3.05) is 33.4 Å². The topological polar surface area (TPSA) is 36.9 Å². The zero-order valence-electron chi connectivity index (χ0n) is 15.1. The van der Waals surface area contributed by atoms with Crippen molar-refractivity contribution in [3.63, 3.8) is 0 Å². The Morgan fingerprint density at radius 2 is 2.04 bits per heavy atom. The minimum atomic E-state index is 0. The molecule has 0 bridgehead atoms. The van der Waals surface area contributed by atoms with Gasteiger partial charge in [-0.25, -0.2) is 0 Å². The summed E-state index contributed by atoms with van der Waals surface area (Å²) in [5, 5.41) is 6.12. The highest BCUT2D eigenvalue weighted by molar-refractivity contribution is 14.0. The Bertz CT molecular complexity index is 699. The number of rotatable bonds is 5. The zero-order chi connectivity index (χ0) is 16.8. The summed E-state index contributed by atoms with van der Waals surface area (Å²) in [6, 6.07) is 15.0. The third-order valence-electron chi connectivity index (χ3n) is 4.67. The maximum absolute atomic E-state index is 5.57. The molecule has 1 atom stereocenters. The normalized spacial score (nSPS) is 17.6. The van der Waals surface area contributed by atoms with Gasteiger partial charge in [0.05, 0.1) is 6.61 Å². The molecule has 0 spiro atoms. The number of fused-ring (bicyclic) bond motifs is 1. The molecular weight excluding hydrogens is 425 g/mol. The summed E-state index contributed by atoms with van der Waals surface area (Å²) < 4.78 is 5.57. The molecule has 0 aromatic heterocycles. The Morgan fingerprint density at radius 3 is 2.84 bits per heavy atom. The van der Waals surface area contributed by atoms with Crippen molar-refractivity contribution in [3.8, 4) is 0 Å². The highest BCUT2D eigenvalue weighted by Gasteiger charge is 2.24. The van der Waals surface area contributed by atoms with Crippen LogP contribution in [0.4, 0.5) is 0 Å². The molecule has 5 heteroatoms. The molecule has 1 N–H and O–H groups in total. The van der Waals surface area contributed by atoms with E-state index in [1.54, 1.807) is 0 Å². The van der Waals surface area contributed by atoms with Gasteiger partial charge in [0.25, 0.3) is 0 Å². The molecule has 1 aliphatic rings. The lowest BCUT2D eigenvalue weighted by molar-refractivity contribution is 0.114. The van der Waals surface area contributed by atoms with E-state index in [0.29, 0.717) is 5.92 Å². The Morgan fingerprint density at radius 1 is 1.24 bits per heavy atom. The minimum Gasteiger partial charge on any atom is -0.381 e. The van der Waals surface area contributed by atoms with Gasteiger partial charge in [0.15, 0.2) is 5.96 Å². The number of hydrogen-bond donors (Lipinski definition) is 1. The maximum Gasteiger partial charge on any atom is 0.193 e. The number of guanidine groups is 1. The van der Waals surface area contributed by atoms with Gasteiger partial charge in [0, 0.05) is 39.2 Å². The van der Waals surface area contributed by atoms with Crippen molar-refractivity contribution in [3.05, 3.63) is 48.0 Å². The number of hydrogen-bond acceptors (Lipinski definition) is 2. The molecule has 1 aliphatic heterocycles. The average molecular weight is 453 g/mol. The molecule has 1 saturated heterocycles. The van der Waals surface area contributed by atoms with Gasteiger partial charge in [0.2, 0.25) is 0 Å². The van der Waals surface area contributed by atoms with Crippen LogP contribution in [0.3, 0.4) is 0 Å². The van der Waals surface area contributed by atoms with Gasteiger partial charge in [-0.3, -0.25) is 4.99 Å². The van der Waals surface area contributed by atoms with E-state index in [4.69, 9.17) is 4.74 Å². The van der Waals surface area contributed by atoms with Crippen LogP contribution in [0.2, 0.25) is 0 Å². The number of benzene rings is 2. The van der Waals surface area contributed by atoms with E-state index in [9.17, 15) is 0 Å². The van der Waals surface area contributed by atoms with Gasteiger partial charge in [-0.2, -0.15) is 0 Å². The second-order valence-electron chi connectivity index (χ2n) is 6.30. The van der Waals surface area contributed by atoms with Crippen LogP contribution in [0.15, 0.2) is 47.5 Å². The van der Waals surface area contributed by atoms with Gasteiger partial charge in [-0.15, -0.1) is 24.0 Å². The molecule has 3 rings (SSSR count). The number of nitrogens with zero attached hydrogens (tertiary/aromatic N) is 2. The summed E-state index contributed by atoms with van der Waals surface area (Å²) in [6.45, 7) is 6.57. The first-order chi connectivity index (χ1) is 11.8. The largest absolute Gasteiger partial charge is 0.381 e. The van der Waals surface area contributed by atoms with Crippen LogP contribution in [-0.2, 0) is 11.3 Å². The third kappa shape index (κ3) is 5.07. The fourth-order valence-electron chi connectivity index (χ4n) is 3.40. The van der Waals surface area contributed by atoms with E-state index in [2.05, 4.69) is 64.6 Å². The molecule has 2 aromatic carbocycles. The predicted octanol–water partition coefficient (Wildman–Crippen LogP) is 3.89. The summed E-state index contributed by atoms with van der Waals surface area (Å²) in [4.78, 5) is 6.81. The standard InChI is InChI=1S/C20H27N3O.HI/c1-3-24-15-16-11-12-23(14-16)20(21-2)22-13-18-9-6-8-17-7-4-5-10-19(17)18;/h4-10,16H,3,11-15H2,1-2H3,(H,21,22);1H. The lowest BCUT2D eigenvalue weighted by atomic mass is 10.0. The highest BCUT2D eigenvalue weighted by atomic mass is 127. The molecule has 0 saturated carbocycles. The molecule has 0 amide bonds. The van der Waals surface area contributed by atoms with Crippen LogP contribution in [0, 0.1) is 5.92 Å².